The molecule has 0 spiro atoms. The van der Waals surface area contributed by atoms with Crippen molar-refractivity contribution in [3.05, 3.63) is 17.0 Å². The highest BCUT2D eigenvalue weighted by atomic mass is 32.1. The number of aromatic nitrogens is 2. The fourth-order valence-electron chi connectivity index (χ4n) is 2.15. The quantitative estimate of drug-likeness (QED) is 0.214. The van der Waals surface area contributed by atoms with Crippen molar-refractivity contribution in [2.45, 2.75) is 24.9 Å². The predicted molar refractivity (Wildman–Crippen MR) is 91.8 cm³/mol. The van der Waals surface area contributed by atoms with Gasteiger partial charge in [0, 0.05) is 12.6 Å². The summed E-state index contributed by atoms with van der Waals surface area (Å²) in [7, 11) is -16.4. The van der Waals surface area contributed by atoms with Crippen LogP contribution in [0.3, 0.4) is 0 Å². The van der Waals surface area contributed by atoms with E-state index in [9.17, 15) is 23.7 Å². The van der Waals surface area contributed by atoms with Gasteiger partial charge in [0.25, 0.3) is 0 Å². The van der Waals surface area contributed by atoms with Crippen molar-refractivity contribution in [1.29, 1.82) is 0 Å². The summed E-state index contributed by atoms with van der Waals surface area (Å²) in [6.07, 6.45) is -1.69. The van der Waals surface area contributed by atoms with Gasteiger partial charge in [-0.2, -0.15) is 8.62 Å². The zero-order chi connectivity index (χ0) is 21.3. The minimum atomic E-state index is -5.63. The Morgan fingerprint density at radius 2 is 1.89 bits per heavy atom. The molecule has 5 atom stereocenters. The van der Waals surface area contributed by atoms with Crippen molar-refractivity contribution >= 4 is 41.5 Å². The monoisotopic (exact) mass is 483 g/mol. The predicted octanol–water partition coefficient (Wildman–Crippen LogP) is 0.186. The van der Waals surface area contributed by atoms with Gasteiger partial charge in [-0.05, 0) is 18.3 Å². The number of hydrogen-bond acceptors (Lipinski definition) is 11. The number of phosphoric ester groups is 1. The van der Waals surface area contributed by atoms with Gasteiger partial charge in [-0.25, -0.2) is 18.7 Å². The molecule has 7 N–H and O–H groups in total. The third-order valence-corrected chi connectivity index (χ3v) is 7.29. The normalized spacial score (nSPS) is 27.2. The Bertz CT molecular complexity index is 919. The molecule has 28 heavy (non-hydrogen) atoms. The molecule has 0 bridgehead atoms. The minimum absolute atomic E-state index is 0.00430. The summed E-state index contributed by atoms with van der Waals surface area (Å²) in [5, 5.41) is 10.0. The molecular weight excluding hydrogens is 467 g/mol. The summed E-state index contributed by atoms with van der Waals surface area (Å²) in [6.45, 7) is -0.781. The first kappa shape index (κ1) is 23.7. The summed E-state index contributed by atoms with van der Waals surface area (Å²) in [5.41, 5.74) is 5.49. The van der Waals surface area contributed by atoms with E-state index in [0.717, 1.165) is 0 Å². The van der Waals surface area contributed by atoms with Gasteiger partial charge in [0.1, 0.15) is 18.1 Å². The first-order valence-corrected chi connectivity index (χ1v) is 12.1. The largest absolute Gasteiger partial charge is 0.490 e. The number of aliphatic hydroxyl groups is 1. The first-order valence-electron chi connectivity index (χ1n) is 7.14. The maximum atomic E-state index is 11.7. The van der Waals surface area contributed by atoms with Crippen LogP contribution >= 0.6 is 35.7 Å². The number of hydrogen-bond donors (Lipinski definition) is 6. The molecule has 1 fully saturated rings. The molecule has 0 aliphatic carbocycles. The molecule has 1 saturated heterocycles. The van der Waals surface area contributed by atoms with E-state index in [1.807, 2.05) is 0 Å². The van der Waals surface area contributed by atoms with Crippen molar-refractivity contribution < 1.29 is 56.3 Å². The third kappa shape index (κ3) is 7.04. The SMILES string of the molecule is Nc1ccn(C2CC(O)C(COP(=O)(O)OP(=O)(O)OP(=O)(O)O)O2)c(=S)n1. The van der Waals surface area contributed by atoms with Crippen molar-refractivity contribution in [2.24, 2.45) is 0 Å². The third-order valence-electron chi connectivity index (χ3n) is 3.18. The lowest BCUT2D eigenvalue weighted by molar-refractivity contribution is -0.0443. The van der Waals surface area contributed by atoms with Gasteiger partial charge in [-0.1, -0.05) is 0 Å². The maximum Gasteiger partial charge on any atom is 0.490 e. The van der Waals surface area contributed by atoms with Crippen LogP contribution in [0.5, 0.6) is 0 Å². The zero-order valence-electron chi connectivity index (χ0n) is 13.6. The molecule has 2 heterocycles. The van der Waals surface area contributed by atoms with Gasteiger partial charge in [0.15, 0.2) is 0 Å². The van der Waals surface area contributed by atoms with E-state index in [4.69, 9.17) is 37.4 Å². The molecular formula is C9H16N3O12P3S. The van der Waals surface area contributed by atoms with E-state index in [1.54, 1.807) is 0 Å². The Balaban J connectivity index is 1.98. The van der Waals surface area contributed by atoms with E-state index in [1.165, 1.54) is 16.8 Å². The van der Waals surface area contributed by atoms with Gasteiger partial charge in [0.05, 0.1) is 12.7 Å². The minimum Gasteiger partial charge on any atom is -0.390 e. The second kappa shape index (κ2) is 8.66. The van der Waals surface area contributed by atoms with Crippen LogP contribution in [0.1, 0.15) is 12.6 Å². The second-order valence-electron chi connectivity index (χ2n) is 5.36. The highest BCUT2D eigenvalue weighted by molar-refractivity contribution is 7.71. The van der Waals surface area contributed by atoms with Gasteiger partial charge < -0.3 is 35.2 Å². The molecule has 19 heteroatoms. The Morgan fingerprint density at radius 1 is 1.25 bits per heavy atom. The van der Waals surface area contributed by atoms with Gasteiger partial charge >= 0.3 is 23.5 Å². The highest BCUT2D eigenvalue weighted by Crippen LogP contribution is 2.66. The Labute approximate surface area is 162 Å². The number of nitrogen functional groups attached to an aromatic ring is 1. The van der Waals surface area contributed by atoms with Crippen LogP contribution < -0.4 is 5.73 Å². The van der Waals surface area contributed by atoms with E-state index in [-0.39, 0.29) is 17.0 Å². The lowest BCUT2D eigenvalue weighted by Gasteiger charge is -2.19. The molecule has 0 saturated carbocycles. The summed E-state index contributed by atoms with van der Waals surface area (Å²) in [4.78, 5) is 39.2. The molecule has 1 aromatic heterocycles. The topological polar surface area (TPSA) is 233 Å². The summed E-state index contributed by atoms with van der Waals surface area (Å²) < 4.78 is 52.0. The van der Waals surface area contributed by atoms with Crippen molar-refractivity contribution in [1.82, 2.24) is 9.55 Å². The van der Waals surface area contributed by atoms with Gasteiger partial charge in [-0.15, -0.1) is 0 Å². The standard InChI is InChI=1S/C9H16N3O12P3S/c10-7-1-2-12(9(28)11-7)8-3-5(13)6(22-8)4-21-26(17,18)24-27(19,20)23-25(14,15)16/h1-2,5-6,8,13H,3-4H2,(H,17,18)(H,19,20)(H2,10,11,28)(H2,14,15,16). The van der Waals surface area contributed by atoms with Crippen LogP contribution in [0.2, 0.25) is 0 Å². The van der Waals surface area contributed by atoms with Crippen LogP contribution in [-0.4, -0.2) is 53.0 Å². The molecule has 0 aromatic carbocycles. The Morgan fingerprint density at radius 3 is 2.46 bits per heavy atom. The highest BCUT2D eigenvalue weighted by Gasteiger charge is 2.42. The maximum absolute atomic E-state index is 11.7. The van der Waals surface area contributed by atoms with Crippen LogP contribution in [0, 0.1) is 4.77 Å². The van der Waals surface area contributed by atoms with E-state index < -0.39 is 48.5 Å². The van der Waals surface area contributed by atoms with E-state index in [0.29, 0.717) is 0 Å². The molecule has 0 amide bonds. The first-order chi connectivity index (χ1) is 12.7. The Kier molecular flexibility index (Phi) is 7.33. The Hall–Kier alpha value is -0.570. The van der Waals surface area contributed by atoms with Crippen LogP contribution in [-0.2, 0) is 31.6 Å². The summed E-state index contributed by atoms with van der Waals surface area (Å²) >= 11 is 5.02. The van der Waals surface area contributed by atoms with Crippen LogP contribution in [0.25, 0.3) is 0 Å². The molecule has 0 radical (unpaired) electrons. The molecule has 1 aliphatic heterocycles. The molecule has 160 valence electrons. The summed E-state index contributed by atoms with van der Waals surface area (Å²) in [6, 6.07) is 1.44. The van der Waals surface area contributed by atoms with Crippen molar-refractivity contribution in [3.63, 3.8) is 0 Å². The lowest BCUT2D eigenvalue weighted by Crippen LogP contribution is -2.26. The molecule has 1 aliphatic rings. The van der Waals surface area contributed by atoms with Crippen LogP contribution in [0.15, 0.2) is 12.3 Å². The average molecular weight is 483 g/mol. The second-order valence-corrected chi connectivity index (χ2v) is 10.1. The van der Waals surface area contributed by atoms with Crippen LogP contribution in [0.4, 0.5) is 5.82 Å². The fourth-order valence-corrected chi connectivity index (χ4v) is 5.47. The molecule has 15 nitrogen and oxygen atoms in total. The average Bonchev–Trinajstić information content (AvgIpc) is 2.82. The van der Waals surface area contributed by atoms with Crippen molar-refractivity contribution in [2.75, 3.05) is 12.3 Å². The zero-order valence-corrected chi connectivity index (χ0v) is 17.1. The lowest BCUT2D eigenvalue weighted by atomic mass is 10.2. The number of aliphatic hydroxyl groups excluding tert-OH is 1. The molecule has 5 unspecified atom stereocenters. The molecule has 2 rings (SSSR count). The van der Waals surface area contributed by atoms with Gasteiger partial charge in [-0.3, -0.25) is 9.09 Å². The van der Waals surface area contributed by atoms with Crippen molar-refractivity contribution in [3.8, 4) is 0 Å². The van der Waals surface area contributed by atoms with E-state index >= 15 is 0 Å². The van der Waals surface area contributed by atoms with E-state index in [2.05, 4.69) is 18.1 Å². The number of rotatable bonds is 8. The molecule has 1 aromatic rings. The number of ether oxygens (including phenoxy) is 1. The number of anilines is 1. The summed E-state index contributed by atoms with van der Waals surface area (Å²) in [5.74, 6) is 0.170. The smallest absolute Gasteiger partial charge is 0.390 e. The number of phosphoric acid groups is 3. The number of nitrogens with two attached hydrogens (primary N) is 1. The number of nitrogens with zero attached hydrogens (tertiary/aromatic N) is 2. The fraction of sp³-hybridized carbons (Fsp3) is 0.556. The van der Waals surface area contributed by atoms with Gasteiger partial charge in [0.2, 0.25) is 4.77 Å².